The topological polar surface area (TPSA) is 30.5 Å². The molecule has 0 aromatic heterocycles. The molecule has 1 aromatic carbocycles. The second-order valence-electron chi connectivity index (χ2n) is 4.37. The molecule has 0 bridgehead atoms. The van der Waals surface area contributed by atoms with E-state index in [4.69, 9.17) is 9.47 Å². The summed E-state index contributed by atoms with van der Waals surface area (Å²) in [6.45, 7) is 3.67. The summed E-state index contributed by atoms with van der Waals surface area (Å²) in [5, 5.41) is 3.54. The van der Waals surface area contributed by atoms with E-state index in [0.717, 1.165) is 24.5 Å². The van der Waals surface area contributed by atoms with Gasteiger partial charge in [-0.15, -0.1) is 0 Å². The standard InChI is InChI=1S/C13H17NO2/c1-2-9-10(11-4-3-7-14-11)5-6-12-13(9)16-8-15-12/h5-6,11,14H,2-4,7-8H2,1H3. The number of rotatable bonds is 2. The Bertz CT molecular complexity index is 397. The molecular weight excluding hydrogens is 202 g/mol. The van der Waals surface area contributed by atoms with Crippen LogP contribution in [-0.4, -0.2) is 13.3 Å². The number of benzene rings is 1. The van der Waals surface area contributed by atoms with Crippen molar-refractivity contribution in [3.8, 4) is 11.5 Å². The van der Waals surface area contributed by atoms with E-state index in [0.29, 0.717) is 12.8 Å². The molecule has 16 heavy (non-hydrogen) atoms. The van der Waals surface area contributed by atoms with Crippen molar-refractivity contribution in [2.75, 3.05) is 13.3 Å². The zero-order valence-electron chi connectivity index (χ0n) is 9.58. The van der Waals surface area contributed by atoms with Crippen LogP contribution in [0, 0.1) is 0 Å². The van der Waals surface area contributed by atoms with Gasteiger partial charge in [-0.2, -0.15) is 0 Å². The molecule has 1 saturated heterocycles. The van der Waals surface area contributed by atoms with Gasteiger partial charge in [0.2, 0.25) is 6.79 Å². The maximum atomic E-state index is 5.57. The lowest BCUT2D eigenvalue weighted by Gasteiger charge is -2.16. The second kappa shape index (κ2) is 3.98. The Labute approximate surface area is 95.8 Å². The molecule has 0 saturated carbocycles. The monoisotopic (exact) mass is 219 g/mol. The van der Waals surface area contributed by atoms with Crippen molar-refractivity contribution in [3.63, 3.8) is 0 Å². The zero-order chi connectivity index (χ0) is 11.0. The fourth-order valence-corrected chi connectivity index (χ4v) is 2.69. The maximum Gasteiger partial charge on any atom is 0.231 e. The van der Waals surface area contributed by atoms with Crippen LogP contribution >= 0.6 is 0 Å². The highest BCUT2D eigenvalue weighted by atomic mass is 16.7. The molecule has 1 fully saturated rings. The summed E-state index contributed by atoms with van der Waals surface area (Å²) in [6.07, 6.45) is 3.49. The van der Waals surface area contributed by atoms with Crippen LogP contribution in [0.5, 0.6) is 11.5 Å². The third-order valence-electron chi connectivity index (χ3n) is 3.47. The summed E-state index contributed by atoms with van der Waals surface area (Å²) in [7, 11) is 0. The summed E-state index contributed by atoms with van der Waals surface area (Å²) in [6, 6.07) is 4.73. The molecule has 2 aliphatic rings. The van der Waals surface area contributed by atoms with Crippen LogP contribution in [-0.2, 0) is 6.42 Å². The zero-order valence-corrected chi connectivity index (χ0v) is 9.58. The third-order valence-corrected chi connectivity index (χ3v) is 3.47. The van der Waals surface area contributed by atoms with Crippen LogP contribution in [0.4, 0.5) is 0 Å². The highest BCUT2D eigenvalue weighted by Crippen LogP contribution is 2.40. The molecule has 0 aliphatic carbocycles. The molecule has 1 N–H and O–H groups in total. The molecule has 3 rings (SSSR count). The minimum atomic E-state index is 0.365. The summed E-state index contributed by atoms with van der Waals surface area (Å²) in [5.74, 6) is 1.87. The van der Waals surface area contributed by atoms with Gasteiger partial charge in [-0.05, 0) is 37.4 Å². The van der Waals surface area contributed by atoms with Gasteiger partial charge in [0.25, 0.3) is 0 Å². The van der Waals surface area contributed by atoms with E-state index in [9.17, 15) is 0 Å². The Morgan fingerprint density at radius 1 is 1.38 bits per heavy atom. The molecule has 0 radical (unpaired) electrons. The van der Waals surface area contributed by atoms with Crippen LogP contribution in [0.3, 0.4) is 0 Å². The van der Waals surface area contributed by atoms with Crippen molar-refractivity contribution >= 4 is 0 Å². The van der Waals surface area contributed by atoms with Gasteiger partial charge < -0.3 is 14.8 Å². The number of hydrogen-bond acceptors (Lipinski definition) is 3. The molecule has 2 aliphatic heterocycles. The Hall–Kier alpha value is -1.22. The van der Waals surface area contributed by atoms with Crippen molar-refractivity contribution in [3.05, 3.63) is 23.3 Å². The highest BCUT2D eigenvalue weighted by molar-refractivity contribution is 5.53. The fourth-order valence-electron chi connectivity index (χ4n) is 2.69. The lowest BCUT2D eigenvalue weighted by molar-refractivity contribution is 0.173. The smallest absolute Gasteiger partial charge is 0.231 e. The largest absolute Gasteiger partial charge is 0.454 e. The van der Waals surface area contributed by atoms with E-state index >= 15 is 0 Å². The normalized spacial score (nSPS) is 22.7. The van der Waals surface area contributed by atoms with Crippen LogP contribution in [0.2, 0.25) is 0 Å². The molecule has 2 heterocycles. The number of fused-ring (bicyclic) bond motifs is 1. The molecule has 1 unspecified atom stereocenters. The first-order chi connectivity index (χ1) is 7.90. The molecular formula is C13H17NO2. The molecule has 1 atom stereocenters. The summed E-state index contributed by atoms with van der Waals surface area (Å²) < 4.78 is 11.0. The van der Waals surface area contributed by atoms with E-state index in [1.807, 2.05) is 6.07 Å². The maximum absolute atomic E-state index is 5.57. The third kappa shape index (κ3) is 1.47. The Balaban J connectivity index is 2.04. The SMILES string of the molecule is CCc1c(C2CCCN2)ccc2c1OCO2. The first kappa shape index (κ1) is 9.97. The predicted molar refractivity (Wildman–Crippen MR) is 61.9 cm³/mol. The molecule has 1 aromatic rings. The quantitative estimate of drug-likeness (QED) is 0.828. The van der Waals surface area contributed by atoms with E-state index in [-0.39, 0.29) is 0 Å². The van der Waals surface area contributed by atoms with Gasteiger partial charge in [0.05, 0.1) is 0 Å². The van der Waals surface area contributed by atoms with Crippen molar-refractivity contribution < 1.29 is 9.47 Å². The molecule has 0 amide bonds. The first-order valence-electron chi connectivity index (χ1n) is 6.05. The number of nitrogens with one attached hydrogen (secondary N) is 1. The minimum absolute atomic E-state index is 0.365. The molecule has 86 valence electrons. The summed E-state index contributed by atoms with van der Waals surface area (Å²) in [5.41, 5.74) is 2.71. The Morgan fingerprint density at radius 2 is 2.31 bits per heavy atom. The molecule has 0 spiro atoms. The van der Waals surface area contributed by atoms with E-state index in [1.54, 1.807) is 0 Å². The van der Waals surface area contributed by atoms with Crippen molar-refractivity contribution in [2.24, 2.45) is 0 Å². The Morgan fingerprint density at radius 3 is 3.06 bits per heavy atom. The lowest BCUT2D eigenvalue weighted by Crippen LogP contribution is -2.14. The molecule has 3 nitrogen and oxygen atoms in total. The predicted octanol–water partition coefficient (Wildman–Crippen LogP) is 2.40. The van der Waals surface area contributed by atoms with Gasteiger partial charge in [-0.25, -0.2) is 0 Å². The number of ether oxygens (including phenoxy) is 2. The van der Waals surface area contributed by atoms with Gasteiger partial charge in [0.15, 0.2) is 11.5 Å². The van der Waals surface area contributed by atoms with Gasteiger partial charge >= 0.3 is 0 Å². The van der Waals surface area contributed by atoms with Crippen LogP contribution in [0.15, 0.2) is 12.1 Å². The summed E-state index contributed by atoms with van der Waals surface area (Å²) in [4.78, 5) is 0. The second-order valence-corrected chi connectivity index (χ2v) is 4.37. The van der Waals surface area contributed by atoms with Crippen molar-refractivity contribution in [2.45, 2.75) is 32.2 Å². The summed E-state index contributed by atoms with van der Waals surface area (Å²) >= 11 is 0. The van der Waals surface area contributed by atoms with Crippen molar-refractivity contribution in [1.29, 1.82) is 0 Å². The average molecular weight is 219 g/mol. The van der Waals surface area contributed by atoms with E-state index in [1.165, 1.54) is 24.0 Å². The first-order valence-corrected chi connectivity index (χ1v) is 6.05. The highest BCUT2D eigenvalue weighted by Gasteiger charge is 2.25. The van der Waals surface area contributed by atoms with Crippen LogP contribution < -0.4 is 14.8 Å². The van der Waals surface area contributed by atoms with Gasteiger partial charge in [-0.1, -0.05) is 13.0 Å². The minimum Gasteiger partial charge on any atom is -0.454 e. The number of hydrogen-bond donors (Lipinski definition) is 1. The van der Waals surface area contributed by atoms with Gasteiger partial charge in [0.1, 0.15) is 0 Å². The van der Waals surface area contributed by atoms with E-state index < -0.39 is 0 Å². The fraction of sp³-hybridized carbons (Fsp3) is 0.538. The van der Waals surface area contributed by atoms with Gasteiger partial charge in [-0.3, -0.25) is 0 Å². The van der Waals surface area contributed by atoms with Crippen molar-refractivity contribution in [1.82, 2.24) is 5.32 Å². The average Bonchev–Trinajstić information content (AvgIpc) is 2.97. The van der Waals surface area contributed by atoms with E-state index in [2.05, 4.69) is 18.3 Å². The lowest BCUT2D eigenvalue weighted by atomic mass is 9.96. The van der Waals surface area contributed by atoms with Crippen LogP contribution in [0.25, 0.3) is 0 Å². The van der Waals surface area contributed by atoms with Crippen LogP contribution in [0.1, 0.15) is 36.9 Å². The van der Waals surface area contributed by atoms with Gasteiger partial charge in [0, 0.05) is 11.6 Å². The molecule has 3 heteroatoms. The Kier molecular flexibility index (Phi) is 2.48.